The summed E-state index contributed by atoms with van der Waals surface area (Å²) < 4.78 is 0. The van der Waals surface area contributed by atoms with Crippen LogP contribution >= 0.6 is 11.3 Å². The summed E-state index contributed by atoms with van der Waals surface area (Å²) in [5.74, 6) is -0.386. The second-order valence-electron chi connectivity index (χ2n) is 6.07. The molecule has 142 valence electrons. The van der Waals surface area contributed by atoms with Gasteiger partial charge in [0.05, 0.1) is 32.8 Å². The van der Waals surface area contributed by atoms with Crippen LogP contribution < -0.4 is 5.43 Å². The number of carbonyl (C=O) groups is 1. The third kappa shape index (κ3) is 4.02. The van der Waals surface area contributed by atoms with Crippen LogP contribution in [0.4, 0.5) is 5.00 Å². The number of carbonyl (C=O) groups excluding carboxylic acids is 1. The molecule has 2 aromatic heterocycles. The molecule has 0 aliphatic rings. The Bertz CT molecular complexity index is 1240. The fraction of sp³-hybridized carbons (Fsp3) is 0. The standard InChI is InChI=1S/C21H14N4O3S/c26-21(24-22-13-15-10-11-20(29-15)25(27)28)17-12-19(14-6-2-1-3-7-14)23-18-9-5-4-8-16(17)18/h1-13H,(H,24,26)/b22-13-. The molecule has 0 aliphatic carbocycles. The van der Waals surface area contributed by atoms with Crippen molar-refractivity contribution in [3.05, 3.63) is 93.4 Å². The number of thiophene rings is 1. The van der Waals surface area contributed by atoms with Crippen molar-refractivity contribution in [2.75, 3.05) is 0 Å². The third-order valence-corrected chi connectivity index (χ3v) is 5.15. The summed E-state index contributed by atoms with van der Waals surface area (Å²) in [5, 5.41) is 15.4. The summed E-state index contributed by atoms with van der Waals surface area (Å²) in [6, 6.07) is 21.7. The highest BCUT2D eigenvalue weighted by atomic mass is 32.1. The van der Waals surface area contributed by atoms with Gasteiger partial charge >= 0.3 is 5.00 Å². The number of hydrogen-bond acceptors (Lipinski definition) is 6. The van der Waals surface area contributed by atoms with E-state index >= 15 is 0 Å². The molecular formula is C21H14N4O3S. The highest BCUT2D eigenvalue weighted by molar-refractivity contribution is 7.16. The number of nitrogens with one attached hydrogen (secondary N) is 1. The number of nitrogens with zero attached hydrogens (tertiary/aromatic N) is 3. The lowest BCUT2D eigenvalue weighted by atomic mass is 10.0. The number of aromatic nitrogens is 1. The molecule has 2 aromatic carbocycles. The molecule has 0 spiro atoms. The van der Waals surface area contributed by atoms with Crippen LogP contribution in [0.15, 0.2) is 77.9 Å². The summed E-state index contributed by atoms with van der Waals surface area (Å²) in [7, 11) is 0. The van der Waals surface area contributed by atoms with E-state index in [4.69, 9.17) is 0 Å². The van der Waals surface area contributed by atoms with Crippen LogP contribution in [0.1, 0.15) is 15.2 Å². The second kappa shape index (κ2) is 7.99. The molecular weight excluding hydrogens is 388 g/mol. The first-order valence-electron chi connectivity index (χ1n) is 8.64. The molecule has 7 nitrogen and oxygen atoms in total. The average molecular weight is 402 g/mol. The normalized spacial score (nSPS) is 11.0. The molecule has 0 radical (unpaired) electrons. The van der Waals surface area contributed by atoms with Crippen LogP contribution in [0.5, 0.6) is 0 Å². The van der Waals surface area contributed by atoms with Gasteiger partial charge in [-0.15, -0.1) is 0 Å². The molecule has 1 N–H and O–H groups in total. The first-order valence-corrected chi connectivity index (χ1v) is 9.46. The molecule has 0 atom stereocenters. The Morgan fingerprint density at radius 1 is 1.07 bits per heavy atom. The van der Waals surface area contributed by atoms with Crippen LogP contribution in [0.2, 0.25) is 0 Å². The lowest BCUT2D eigenvalue weighted by molar-refractivity contribution is -0.380. The Morgan fingerprint density at radius 2 is 1.83 bits per heavy atom. The first-order chi connectivity index (χ1) is 14.1. The van der Waals surface area contributed by atoms with Crippen LogP contribution in [0, 0.1) is 10.1 Å². The minimum Gasteiger partial charge on any atom is -0.267 e. The average Bonchev–Trinajstić information content (AvgIpc) is 3.23. The zero-order valence-corrected chi connectivity index (χ0v) is 15.8. The summed E-state index contributed by atoms with van der Waals surface area (Å²) in [6.45, 7) is 0. The van der Waals surface area contributed by atoms with Crippen molar-refractivity contribution < 1.29 is 9.72 Å². The smallest absolute Gasteiger partial charge is 0.267 e. The van der Waals surface area contributed by atoms with Crippen LogP contribution in [0.3, 0.4) is 0 Å². The Balaban J connectivity index is 1.64. The fourth-order valence-electron chi connectivity index (χ4n) is 2.84. The quantitative estimate of drug-likeness (QED) is 0.299. The number of nitro groups is 1. The Kier molecular flexibility index (Phi) is 5.08. The van der Waals surface area contributed by atoms with Crippen molar-refractivity contribution in [2.45, 2.75) is 0 Å². The molecule has 1 amide bonds. The van der Waals surface area contributed by atoms with E-state index in [-0.39, 0.29) is 10.9 Å². The Hall–Kier alpha value is -3.91. The summed E-state index contributed by atoms with van der Waals surface area (Å²) in [4.78, 5) is 28.3. The van der Waals surface area contributed by atoms with E-state index in [1.807, 2.05) is 54.6 Å². The predicted octanol–water partition coefficient (Wildman–Crippen LogP) is 4.64. The van der Waals surface area contributed by atoms with Gasteiger partial charge in [-0.2, -0.15) is 5.10 Å². The van der Waals surface area contributed by atoms with Gasteiger partial charge in [-0.1, -0.05) is 59.9 Å². The maximum absolute atomic E-state index is 12.8. The number of pyridine rings is 1. The highest BCUT2D eigenvalue weighted by Gasteiger charge is 2.14. The first kappa shape index (κ1) is 18.5. The van der Waals surface area contributed by atoms with Gasteiger partial charge in [-0.3, -0.25) is 14.9 Å². The molecule has 0 fully saturated rings. The minimum atomic E-state index is -0.463. The molecule has 0 bridgehead atoms. The van der Waals surface area contributed by atoms with Crippen molar-refractivity contribution in [2.24, 2.45) is 5.10 Å². The summed E-state index contributed by atoms with van der Waals surface area (Å²) >= 11 is 0.981. The van der Waals surface area contributed by atoms with Crippen molar-refractivity contribution in [3.8, 4) is 11.3 Å². The lowest BCUT2D eigenvalue weighted by Gasteiger charge is -2.09. The largest absolute Gasteiger partial charge is 0.324 e. The molecule has 2 heterocycles. The van der Waals surface area contributed by atoms with E-state index in [9.17, 15) is 14.9 Å². The van der Waals surface area contributed by atoms with Gasteiger partial charge in [0.15, 0.2) is 0 Å². The highest BCUT2D eigenvalue weighted by Crippen LogP contribution is 2.25. The zero-order valence-electron chi connectivity index (χ0n) is 15.0. The molecule has 0 saturated heterocycles. The molecule has 8 heteroatoms. The number of hydrazone groups is 1. The monoisotopic (exact) mass is 402 g/mol. The van der Waals surface area contributed by atoms with Crippen LogP contribution in [0.25, 0.3) is 22.2 Å². The fourth-order valence-corrected chi connectivity index (χ4v) is 3.54. The van der Waals surface area contributed by atoms with E-state index in [1.165, 1.54) is 12.3 Å². The minimum absolute atomic E-state index is 0.0189. The second-order valence-corrected chi connectivity index (χ2v) is 7.16. The Morgan fingerprint density at radius 3 is 2.59 bits per heavy atom. The molecule has 0 saturated carbocycles. The lowest BCUT2D eigenvalue weighted by Crippen LogP contribution is -2.18. The number of amides is 1. The predicted molar refractivity (Wildman–Crippen MR) is 113 cm³/mol. The van der Waals surface area contributed by atoms with Crippen molar-refractivity contribution in [3.63, 3.8) is 0 Å². The molecule has 29 heavy (non-hydrogen) atoms. The van der Waals surface area contributed by atoms with E-state index in [0.29, 0.717) is 27.0 Å². The number of rotatable bonds is 5. The maximum atomic E-state index is 12.8. The van der Waals surface area contributed by atoms with Gasteiger partial charge < -0.3 is 0 Å². The third-order valence-electron chi connectivity index (χ3n) is 4.18. The van der Waals surface area contributed by atoms with Gasteiger partial charge in [0, 0.05) is 17.0 Å². The van der Waals surface area contributed by atoms with Crippen molar-refractivity contribution >= 4 is 39.4 Å². The SMILES string of the molecule is O=C(N/N=C\c1ccc([N+](=O)[O-])s1)c1cc(-c2ccccc2)nc2ccccc12. The van der Waals surface area contributed by atoms with E-state index in [1.54, 1.807) is 12.1 Å². The van der Waals surface area contributed by atoms with E-state index in [2.05, 4.69) is 15.5 Å². The number of benzene rings is 2. The van der Waals surface area contributed by atoms with E-state index < -0.39 is 4.92 Å². The van der Waals surface area contributed by atoms with Gasteiger partial charge in [-0.25, -0.2) is 10.4 Å². The van der Waals surface area contributed by atoms with Gasteiger partial charge in [0.25, 0.3) is 5.91 Å². The van der Waals surface area contributed by atoms with Crippen molar-refractivity contribution in [1.29, 1.82) is 0 Å². The Labute approximate surface area is 169 Å². The molecule has 4 rings (SSSR count). The van der Waals surface area contributed by atoms with E-state index in [0.717, 1.165) is 16.9 Å². The number of para-hydroxylation sites is 1. The van der Waals surface area contributed by atoms with Gasteiger partial charge in [0.1, 0.15) is 0 Å². The summed E-state index contributed by atoms with van der Waals surface area (Å²) in [6.07, 6.45) is 1.39. The van der Waals surface area contributed by atoms with Crippen molar-refractivity contribution in [1.82, 2.24) is 10.4 Å². The van der Waals surface area contributed by atoms with Gasteiger partial charge in [-0.05, 0) is 18.2 Å². The van der Waals surface area contributed by atoms with Crippen LogP contribution in [-0.2, 0) is 0 Å². The van der Waals surface area contributed by atoms with Gasteiger partial charge in [0.2, 0.25) is 0 Å². The molecule has 0 aliphatic heterocycles. The van der Waals surface area contributed by atoms with Crippen LogP contribution in [-0.4, -0.2) is 22.0 Å². The summed E-state index contributed by atoms with van der Waals surface area (Å²) in [5.41, 5.74) is 5.24. The zero-order chi connectivity index (χ0) is 20.2. The maximum Gasteiger partial charge on any atom is 0.324 e. The molecule has 0 unspecified atom stereocenters. The number of fused-ring (bicyclic) bond motifs is 1. The molecule has 4 aromatic rings. The topological polar surface area (TPSA) is 97.5 Å². The number of hydrogen-bond donors (Lipinski definition) is 1.